The molecule has 2 aliphatic heterocycles. The molecule has 24 nitrogen and oxygen atoms in total. The van der Waals surface area contributed by atoms with Crippen LogP contribution in [0.2, 0.25) is 0 Å². The second-order valence-corrected chi connectivity index (χ2v) is 18.1. The Labute approximate surface area is 355 Å². The van der Waals surface area contributed by atoms with Gasteiger partial charge in [-0.25, -0.2) is 32.6 Å². The molecule has 350 valence electrons. The van der Waals surface area contributed by atoms with E-state index in [1.807, 2.05) is 15.1 Å². The number of carboxylic acid groups (broad SMARTS) is 1. The van der Waals surface area contributed by atoms with E-state index in [-0.39, 0.29) is 5.75 Å². The minimum Gasteiger partial charge on any atom is -0.480 e. The molecule has 63 heavy (non-hydrogen) atoms. The van der Waals surface area contributed by atoms with E-state index >= 15 is 4.39 Å². The van der Waals surface area contributed by atoms with Crippen LogP contribution in [0.1, 0.15) is 54.0 Å². The standard InChI is InChI=1S/C22H29FN3O9P.C13H19FN3O9P/c1-13(2)33-19(29)14(3)25-36(31,35-15-8-6-5-7-9-15)32-12-16-18(28)22(4,23)20(34-16)26-11-10-17(27)24-21(26)30;1-6(10(20)21)16-27(23,24)25-5-7-9(19)13(2,14)11(26-7)17-4-3-8(18)15-12(17)22/h5-11,13-14,16,18,20,28H,12H2,1-4H3,(H,25,31)(H,24,27,30);3-4,6-7,9,11,19H,5H2,1-2H3,(H,20,21)(H,15,18,22)(H2,16,23,24)/t14-,16+,18+,20+,22+,36?;6-,7+,9+,11+,13+/m00/s1. The van der Waals surface area contributed by atoms with Crippen molar-refractivity contribution in [3.05, 3.63) is 96.5 Å². The van der Waals surface area contributed by atoms with Crippen LogP contribution >= 0.6 is 15.5 Å². The molecule has 2 unspecified atom stereocenters. The molecule has 0 radical (unpaired) electrons. The van der Waals surface area contributed by atoms with E-state index in [9.17, 15) is 57.4 Å². The first-order chi connectivity index (χ1) is 29.2. The van der Waals surface area contributed by atoms with Crippen molar-refractivity contribution >= 4 is 27.4 Å². The van der Waals surface area contributed by atoms with Crippen molar-refractivity contribution in [2.24, 2.45) is 0 Å². The normalized spacial score (nSPS) is 28.5. The van der Waals surface area contributed by atoms with Gasteiger partial charge >= 0.3 is 38.8 Å². The van der Waals surface area contributed by atoms with Gasteiger partial charge in [0, 0.05) is 24.5 Å². The second kappa shape index (κ2) is 20.4. The molecule has 2 fully saturated rings. The number of nitrogens with zero attached hydrogens (tertiary/aromatic N) is 2. The summed E-state index contributed by atoms with van der Waals surface area (Å²) in [6, 6.07) is 7.40. The SMILES string of the molecule is CC(C)OC(=O)[C@H](C)NP(=O)(OC[C@H]1O[C@@H](n2ccc(=O)[nH]c2=O)[C@](C)(F)[C@@H]1O)Oc1ccccc1.C[C@H](NP(=O)(O)OC[C@H]1O[C@@H](n2ccc(=O)[nH]c2=O)[C@](C)(F)[C@@H]1O)C(=O)O. The maximum atomic E-state index is 15.4. The number of hydrogen-bond acceptors (Lipinski definition) is 16. The van der Waals surface area contributed by atoms with Gasteiger partial charge in [0.25, 0.3) is 11.1 Å². The van der Waals surface area contributed by atoms with E-state index in [0.29, 0.717) is 4.57 Å². The Balaban J connectivity index is 0.000000288. The molecule has 0 saturated carbocycles. The van der Waals surface area contributed by atoms with Crippen molar-refractivity contribution in [3.63, 3.8) is 0 Å². The Bertz CT molecular complexity index is 2410. The summed E-state index contributed by atoms with van der Waals surface area (Å²) in [4.78, 5) is 82.9. The maximum absolute atomic E-state index is 15.4. The molecule has 0 aliphatic carbocycles. The quantitative estimate of drug-likeness (QED) is 0.0669. The number of ether oxygens (including phenoxy) is 3. The lowest BCUT2D eigenvalue weighted by atomic mass is 9.98. The Morgan fingerprint density at radius 2 is 1.25 bits per heavy atom. The van der Waals surface area contributed by atoms with Crippen LogP contribution in [0, 0.1) is 0 Å². The fraction of sp³-hybridized carbons (Fsp3) is 0.543. The molecule has 2 aromatic heterocycles. The van der Waals surface area contributed by atoms with Gasteiger partial charge in [0.15, 0.2) is 23.8 Å². The zero-order valence-electron chi connectivity index (χ0n) is 34.4. The zero-order chi connectivity index (χ0) is 47.2. The largest absolute Gasteiger partial charge is 0.480 e. The minimum atomic E-state index is -4.59. The first-order valence-corrected chi connectivity index (χ1v) is 21.9. The van der Waals surface area contributed by atoms with Crippen LogP contribution in [-0.4, -0.2) is 118 Å². The van der Waals surface area contributed by atoms with Crippen molar-refractivity contribution in [2.45, 2.75) is 108 Å². The summed E-state index contributed by atoms with van der Waals surface area (Å²) < 4.78 is 88.8. The number of alkyl halides is 2. The predicted molar refractivity (Wildman–Crippen MR) is 212 cm³/mol. The predicted octanol–water partition coefficient (Wildman–Crippen LogP) is 0.359. The summed E-state index contributed by atoms with van der Waals surface area (Å²) in [6.45, 7) is 6.35. The first kappa shape index (κ1) is 50.9. The van der Waals surface area contributed by atoms with Crippen molar-refractivity contribution in [2.75, 3.05) is 13.2 Å². The smallest absolute Gasteiger partial charge is 0.459 e. The Hall–Kier alpha value is -4.72. The molecule has 2 saturated heterocycles. The molecule has 8 N–H and O–H groups in total. The number of rotatable bonds is 17. The fourth-order valence-electron chi connectivity index (χ4n) is 5.94. The first-order valence-electron chi connectivity index (χ1n) is 18.8. The van der Waals surface area contributed by atoms with Gasteiger partial charge in [-0.2, -0.15) is 5.09 Å². The molecule has 1 aromatic carbocycles. The Kier molecular flexibility index (Phi) is 16.5. The minimum absolute atomic E-state index is 0.152. The number of H-pyrrole nitrogens is 2. The van der Waals surface area contributed by atoms with E-state index in [1.165, 1.54) is 19.1 Å². The molecule has 12 atom stereocenters. The topological polar surface area (TPSA) is 338 Å². The van der Waals surface area contributed by atoms with Gasteiger partial charge in [0.2, 0.25) is 0 Å². The molecule has 0 amide bonds. The lowest BCUT2D eigenvalue weighted by Gasteiger charge is -2.25. The summed E-state index contributed by atoms with van der Waals surface area (Å²) in [6.07, 6.45) is -8.17. The van der Waals surface area contributed by atoms with Gasteiger partial charge in [-0.05, 0) is 53.7 Å². The van der Waals surface area contributed by atoms with E-state index in [0.717, 1.165) is 49.9 Å². The number of hydrogen-bond donors (Lipinski definition) is 8. The van der Waals surface area contributed by atoms with Crippen molar-refractivity contribution in [1.82, 2.24) is 29.3 Å². The maximum Gasteiger partial charge on any atom is 0.459 e. The summed E-state index contributed by atoms with van der Waals surface area (Å²) >= 11 is 0. The third-order valence-electron chi connectivity index (χ3n) is 9.22. The van der Waals surface area contributed by atoms with Crippen LogP contribution in [0.4, 0.5) is 8.78 Å². The highest BCUT2D eigenvalue weighted by molar-refractivity contribution is 7.52. The average Bonchev–Trinajstić information content (AvgIpc) is 3.54. The van der Waals surface area contributed by atoms with Crippen LogP contribution in [0.5, 0.6) is 5.75 Å². The third-order valence-corrected chi connectivity index (χ3v) is 12.1. The Morgan fingerprint density at radius 3 is 1.68 bits per heavy atom. The number of para-hydroxylation sites is 1. The van der Waals surface area contributed by atoms with Crippen molar-refractivity contribution in [1.29, 1.82) is 0 Å². The van der Waals surface area contributed by atoms with E-state index in [2.05, 4.69) is 9.61 Å². The van der Waals surface area contributed by atoms with E-state index in [4.69, 9.17) is 28.4 Å². The highest BCUT2D eigenvalue weighted by atomic mass is 31.2. The van der Waals surface area contributed by atoms with Gasteiger partial charge < -0.3 is 38.9 Å². The number of aliphatic hydroxyl groups excluding tert-OH is 2. The highest BCUT2D eigenvalue weighted by Crippen LogP contribution is 2.48. The molecule has 2 aliphatic rings. The molecular formula is C35H48F2N6O18P2. The third kappa shape index (κ3) is 12.9. The molecule has 4 heterocycles. The van der Waals surface area contributed by atoms with Gasteiger partial charge in [-0.3, -0.25) is 47.3 Å². The lowest BCUT2D eigenvalue weighted by molar-refractivity contribution is -0.149. The lowest BCUT2D eigenvalue weighted by Crippen LogP contribution is -2.43. The molecule has 0 bridgehead atoms. The van der Waals surface area contributed by atoms with Gasteiger partial charge in [0.05, 0.1) is 19.3 Å². The molecular weight excluding hydrogens is 892 g/mol. The average molecular weight is 941 g/mol. The number of aromatic nitrogens is 4. The fourth-order valence-corrected chi connectivity index (χ4v) is 8.47. The molecule has 5 rings (SSSR count). The number of nitrogens with one attached hydrogen (secondary N) is 4. The number of esters is 1. The summed E-state index contributed by atoms with van der Waals surface area (Å²) in [7, 11) is -8.90. The monoisotopic (exact) mass is 940 g/mol. The van der Waals surface area contributed by atoms with Crippen molar-refractivity contribution in [3.8, 4) is 5.75 Å². The summed E-state index contributed by atoms with van der Waals surface area (Å²) in [5.74, 6) is -1.96. The van der Waals surface area contributed by atoms with Gasteiger partial charge in [0.1, 0.15) is 42.2 Å². The number of halogens is 2. The van der Waals surface area contributed by atoms with Gasteiger partial charge in [-0.15, -0.1) is 0 Å². The summed E-state index contributed by atoms with van der Waals surface area (Å²) in [5, 5.41) is 33.7. The van der Waals surface area contributed by atoms with Crippen LogP contribution in [-0.2, 0) is 42.0 Å². The Morgan fingerprint density at radius 1 is 0.794 bits per heavy atom. The number of aromatic amines is 2. The second-order valence-electron chi connectivity index (χ2n) is 14.8. The summed E-state index contributed by atoms with van der Waals surface area (Å²) in [5.41, 5.74) is -8.31. The molecule has 28 heteroatoms. The van der Waals surface area contributed by atoms with Crippen molar-refractivity contribution < 1.29 is 75.5 Å². The number of benzene rings is 1. The zero-order valence-corrected chi connectivity index (χ0v) is 36.1. The molecule has 0 spiro atoms. The van der Waals surface area contributed by atoms with E-state index in [1.54, 1.807) is 32.0 Å². The number of aliphatic hydroxyl groups is 2. The number of carboxylic acids is 1. The number of aliphatic carboxylic acids is 1. The van der Waals surface area contributed by atoms with Gasteiger partial charge in [-0.1, -0.05) is 18.2 Å². The highest BCUT2D eigenvalue weighted by Gasteiger charge is 2.57. The van der Waals surface area contributed by atoms with Crippen LogP contribution in [0.25, 0.3) is 0 Å². The van der Waals surface area contributed by atoms with E-state index < -0.39 is 130 Å². The van der Waals surface area contributed by atoms with Crippen LogP contribution in [0.15, 0.2) is 74.0 Å². The van der Waals surface area contributed by atoms with Crippen LogP contribution < -0.4 is 37.2 Å². The molecule has 3 aromatic rings. The number of carbonyl (C=O) groups is 2. The van der Waals surface area contributed by atoms with Crippen LogP contribution in [0.3, 0.4) is 0 Å². The number of carbonyl (C=O) groups excluding carboxylic acids is 1.